The molecular formula is C21H18N2O3S. The van der Waals surface area contributed by atoms with E-state index in [9.17, 15) is 14.4 Å². The summed E-state index contributed by atoms with van der Waals surface area (Å²) in [6, 6.07) is 8.77. The number of ketones is 1. The van der Waals surface area contributed by atoms with E-state index in [4.69, 9.17) is 0 Å². The normalized spacial score (nSPS) is 28.4. The maximum atomic E-state index is 13.4. The maximum absolute atomic E-state index is 13.4. The number of nitrogens with zero attached hydrogens (tertiary/aromatic N) is 1. The van der Waals surface area contributed by atoms with E-state index in [2.05, 4.69) is 11.4 Å². The lowest BCUT2D eigenvalue weighted by molar-refractivity contribution is -0.126. The Morgan fingerprint density at radius 2 is 1.89 bits per heavy atom. The van der Waals surface area contributed by atoms with Gasteiger partial charge < -0.3 is 4.90 Å². The highest BCUT2D eigenvalue weighted by atomic mass is 32.1. The fraction of sp³-hybridized carbons (Fsp3) is 0.286. The molecule has 0 spiro atoms. The molecule has 3 aliphatic rings. The molecule has 0 saturated carbocycles. The Hall–Kier alpha value is -2.73. The second-order valence-electron chi connectivity index (χ2n) is 7.46. The van der Waals surface area contributed by atoms with Gasteiger partial charge in [0.15, 0.2) is 5.78 Å². The second-order valence-corrected chi connectivity index (χ2v) is 8.41. The van der Waals surface area contributed by atoms with Crippen molar-refractivity contribution in [2.75, 3.05) is 4.90 Å². The molecule has 1 aromatic heterocycles. The number of carbonyl (C=O) groups is 3. The first-order valence-corrected chi connectivity index (χ1v) is 9.85. The quantitative estimate of drug-likeness (QED) is 0.645. The van der Waals surface area contributed by atoms with E-state index in [0.717, 1.165) is 22.4 Å². The molecular weight excluding hydrogens is 360 g/mol. The largest absolute Gasteiger partial charge is 0.352 e. The van der Waals surface area contributed by atoms with E-state index in [-0.39, 0.29) is 23.6 Å². The van der Waals surface area contributed by atoms with Crippen LogP contribution in [0, 0.1) is 18.8 Å². The maximum Gasteiger partial charge on any atom is 0.233 e. The summed E-state index contributed by atoms with van der Waals surface area (Å²) in [7, 11) is 0. The molecule has 6 heteroatoms. The third kappa shape index (κ3) is 2.19. The van der Waals surface area contributed by atoms with Crippen molar-refractivity contribution in [3.05, 3.63) is 57.8 Å². The first-order chi connectivity index (χ1) is 13.0. The summed E-state index contributed by atoms with van der Waals surface area (Å²) in [4.78, 5) is 41.2. The third-order valence-electron chi connectivity index (χ3n) is 5.88. The molecule has 4 heterocycles. The lowest BCUT2D eigenvalue weighted by Gasteiger charge is -2.37. The van der Waals surface area contributed by atoms with Crippen LogP contribution < -0.4 is 10.2 Å². The van der Waals surface area contributed by atoms with Gasteiger partial charge in [0.05, 0.1) is 22.8 Å². The Morgan fingerprint density at radius 3 is 2.63 bits per heavy atom. The number of thiophene rings is 1. The summed E-state index contributed by atoms with van der Waals surface area (Å²) in [5, 5.41) is 4.30. The van der Waals surface area contributed by atoms with Gasteiger partial charge in [-0.1, -0.05) is 23.8 Å². The second kappa shape index (κ2) is 5.63. The van der Waals surface area contributed by atoms with Crippen LogP contribution >= 0.6 is 11.3 Å². The minimum atomic E-state index is -0.670. The molecule has 0 radical (unpaired) electrons. The number of hydrogen-bond acceptors (Lipinski definition) is 5. The van der Waals surface area contributed by atoms with E-state index in [0.29, 0.717) is 4.88 Å². The molecule has 4 atom stereocenters. The number of amides is 2. The number of rotatable bonds is 2. The summed E-state index contributed by atoms with van der Waals surface area (Å²) in [5.74, 6) is -1.90. The van der Waals surface area contributed by atoms with Crippen molar-refractivity contribution in [2.24, 2.45) is 11.8 Å². The van der Waals surface area contributed by atoms with Crippen LogP contribution in [0.5, 0.6) is 0 Å². The minimum Gasteiger partial charge on any atom is -0.352 e. The SMILES string of the molecule is CC1=C[C@H]2[C@H]3C(=O)NC(=O)[C@@H]3[C@@H](C(=O)c3cccs3)N2c2ccc(C)cc21. The van der Waals surface area contributed by atoms with Crippen molar-refractivity contribution < 1.29 is 14.4 Å². The fourth-order valence-corrected chi connectivity index (χ4v) is 5.44. The summed E-state index contributed by atoms with van der Waals surface area (Å²) >= 11 is 1.37. The van der Waals surface area contributed by atoms with Crippen LogP contribution in [-0.2, 0) is 9.59 Å². The van der Waals surface area contributed by atoms with E-state index in [1.807, 2.05) is 48.4 Å². The zero-order valence-corrected chi connectivity index (χ0v) is 15.7. The molecule has 27 heavy (non-hydrogen) atoms. The number of Topliss-reactive ketones (excluding diaryl/α,β-unsaturated/α-hetero) is 1. The van der Waals surface area contributed by atoms with Crippen LogP contribution in [-0.4, -0.2) is 29.7 Å². The Bertz CT molecular complexity index is 1020. The highest BCUT2D eigenvalue weighted by Crippen LogP contribution is 2.49. The minimum absolute atomic E-state index is 0.0909. The zero-order chi connectivity index (χ0) is 18.9. The third-order valence-corrected chi connectivity index (χ3v) is 6.76. The summed E-state index contributed by atoms with van der Waals surface area (Å²) in [6.45, 7) is 4.05. The first-order valence-electron chi connectivity index (χ1n) is 8.97. The van der Waals surface area contributed by atoms with E-state index in [1.54, 1.807) is 6.07 Å². The van der Waals surface area contributed by atoms with Crippen LogP contribution in [0.2, 0.25) is 0 Å². The Balaban J connectivity index is 1.72. The monoisotopic (exact) mass is 378 g/mol. The lowest BCUT2D eigenvalue weighted by atomic mass is 9.86. The van der Waals surface area contributed by atoms with Gasteiger partial charge in [-0.2, -0.15) is 0 Å². The molecule has 2 aromatic rings. The summed E-state index contributed by atoms with van der Waals surface area (Å²) in [5.41, 5.74) is 4.19. The van der Waals surface area contributed by atoms with Gasteiger partial charge in [0.1, 0.15) is 6.04 Å². The van der Waals surface area contributed by atoms with Crippen molar-refractivity contribution >= 4 is 40.2 Å². The predicted octanol–water partition coefficient (Wildman–Crippen LogP) is 2.80. The molecule has 2 saturated heterocycles. The van der Waals surface area contributed by atoms with Gasteiger partial charge in [-0.3, -0.25) is 19.7 Å². The van der Waals surface area contributed by atoms with Crippen molar-refractivity contribution in [3.63, 3.8) is 0 Å². The molecule has 0 aliphatic carbocycles. The Labute approximate surface area is 160 Å². The summed E-state index contributed by atoms with van der Waals surface area (Å²) < 4.78 is 0. The zero-order valence-electron chi connectivity index (χ0n) is 14.9. The number of imide groups is 1. The Morgan fingerprint density at radius 1 is 1.11 bits per heavy atom. The highest BCUT2D eigenvalue weighted by Gasteiger charge is 2.61. The fourth-order valence-electron chi connectivity index (χ4n) is 4.74. The number of fused-ring (bicyclic) bond motifs is 5. The van der Waals surface area contributed by atoms with Gasteiger partial charge in [-0.05, 0) is 43.0 Å². The molecule has 2 amide bonds. The average molecular weight is 378 g/mol. The van der Waals surface area contributed by atoms with Crippen molar-refractivity contribution in [2.45, 2.75) is 25.9 Å². The van der Waals surface area contributed by atoms with E-state index in [1.165, 1.54) is 11.3 Å². The number of aryl methyl sites for hydroxylation is 1. The molecule has 136 valence electrons. The van der Waals surface area contributed by atoms with Crippen molar-refractivity contribution in [3.8, 4) is 0 Å². The van der Waals surface area contributed by atoms with Gasteiger partial charge >= 0.3 is 0 Å². The number of carbonyl (C=O) groups excluding carboxylic acids is 3. The van der Waals surface area contributed by atoms with E-state index < -0.39 is 17.9 Å². The van der Waals surface area contributed by atoms with E-state index >= 15 is 0 Å². The molecule has 3 aliphatic heterocycles. The molecule has 1 aromatic carbocycles. The van der Waals surface area contributed by atoms with Gasteiger partial charge in [0.2, 0.25) is 11.8 Å². The van der Waals surface area contributed by atoms with Crippen LogP contribution in [0.25, 0.3) is 5.57 Å². The molecule has 0 unspecified atom stereocenters. The number of benzene rings is 1. The molecule has 5 nitrogen and oxygen atoms in total. The highest BCUT2D eigenvalue weighted by molar-refractivity contribution is 7.12. The molecule has 5 rings (SSSR count). The van der Waals surface area contributed by atoms with Crippen molar-refractivity contribution in [1.29, 1.82) is 0 Å². The summed E-state index contributed by atoms with van der Waals surface area (Å²) in [6.07, 6.45) is 2.04. The van der Waals surface area contributed by atoms with Gasteiger partial charge in [-0.15, -0.1) is 11.3 Å². The number of nitrogens with one attached hydrogen (secondary N) is 1. The Kier molecular flexibility index (Phi) is 3.43. The molecule has 0 bridgehead atoms. The first kappa shape index (κ1) is 16.4. The standard InChI is InChI=1S/C21H18N2O3S/c1-10-5-6-13-12(8-10)11(2)9-14-16-17(21(26)22-20(16)25)18(23(13)14)19(24)15-4-3-7-27-15/h3-9,14,16-18H,1-2H3,(H,22,25,26)/t14-,16+,17-,18-/m0/s1. The molecule has 2 fully saturated rings. The number of allylic oxidation sites excluding steroid dienone is 1. The van der Waals surface area contributed by atoms with Crippen molar-refractivity contribution in [1.82, 2.24) is 5.32 Å². The predicted molar refractivity (Wildman–Crippen MR) is 104 cm³/mol. The van der Waals surface area contributed by atoms with Crippen LogP contribution in [0.4, 0.5) is 5.69 Å². The lowest BCUT2D eigenvalue weighted by Crippen LogP contribution is -2.48. The topological polar surface area (TPSA) is 66.5 Å². The van der Waals surface area contributed by atoms with Gasteiger partial charge in [-0.25, -0.2) is 0 Å². The smallest absolute Gasteiger partial charge is 0.233 e. The van der Waals surface area contributed by atoms with Crippen LogP contribution in [0.3, 0.4) is 0 Å². The number of anilines is 1. The van der Waals surface area contributed by atoms with Crippen LogP contribution in [0.1, 0.15) is 27.7 Å². The van der Waals surface area contributed by atoms with Gasteiger partial charge in [0, 0.05) is 11.3 Å². The molecule has 1 N–H and O–H groups in total. The van der Waals surface area contributed by atoms with Gasteiger partial charge in [0.25, 0.3) is 0 Å². The number of hydrogen-bond donors (Lipinski definition) is 1. The average Bonchev–Trinajstić information content (AvgIpc) is 3.33. The van der Waals surface area contributed by atoms with Crippen LogP contribution in [0.15, 0.2) is 41.8 Å².